The van der Waals surface area contributed by atoms with Crippen molar-refractivity contribution >= 4 is 11.8 Å². The summed E-state index contributed by atoms with van der Waals surface area (Å²) in [6.07, 6.45) is 6.36. The summed E-state index contributed by atoms with van der Waals surface area (Å²) in [5.41, 5.74) is 1.66. The van der Waals surface area contributed by atoms with Crippen molar-refractivity contribution in [3.63, 3.8) is 0 Å². The van der Waals surface area contributed by atoms with Gasteiger partial charge in [0.15, 0.2) is 0 Å². The summed E-state index contributed by atoms with van der Waals surface area (Å²) in [5.74, 6) is 1.37. The van der Waals surface area contributed by atoms with Gasteiger partial charge in [-0.3, -0.25) is 9.59 Å². The standard InChI is InChI=1S/C19H26N2O2/c1-14-5-4-8-16(11-14)19(23)20-12-18(22)21-10-9-15-6-2-3-7-17(15)13-21/h4-5,8,11,15,17H,2-3,6-7,9-10,12-13H2,1H3,(H,20,23)/t15-,17-/m1/s1. The molecule has 1 aromatic carbocycles. The molecule has 4 heteroatoms. The number of amides is 2. The number of aryl methyl sites for hydroxylation is 1. The first kappa shape index (κ1) is 16.0. The van der Waals surface area contributed by atoms with Crippen molar-refractivity contribution in [2.45, 2.75) is 39.0 Å². The Bertz CT molecular complexity index is 584. The number of hydrogen-bond donors (Lipinski definition) is 1. The van der Waals surface area contributed by atoms with E-state index in [4.69, 9.17) is 0 Å². The molecule has 1 aliphatic heterocycles. The highest BCUT2D eigenvalue weighted by Gasteiger charge is 2.32. The van der Waals surface area contributed by atoms with Gasteiger partial charge in [-0.1, -0.05) is 37.0 Å². The maximum absolute atomic E-state index is 12.4. The predicted molar refractivity (Wildman–Crippen MR) is 90.2 cm³/mol. The number of piperidine rings is 1. The summed E-state index contributed by atoms with van der Waals surface area (Å²) in [7, 11) is 0. The second-order valence-corrected chi connectivity index (χ2v) is 6.99. The van der Waals surface area contributed by atoms with Gasteiger partial charge in [-0.25, -0.2) is 0 Å². The van der Waals surface area contributed by atoms with Gasteiger partial charge in [-0.05, 0) is 43.7 Å². The molecule has 23 heavy (non-hydrogen) atoms. The van der Waals surface area contributed by atoms with E-state index in [0.717, 1.165) is 31.0 Å². The lowest BCUT2D eigenvalue weighted by atomic mass is 9.75. The first-order valence-electron chi connectivity index (χ1n) is 8.76. The van der Waals surface area contributed by atoms with Crippen LogP contribution in [0.25, 0.3) is 0 Å². The number of hydrogen-bond acceptors (Lipinski definition) is 2. The minimum atomic E-state index is -0.172. The van der Waals surface area contributed by atoms with Gasteiger partial charge in [-0.15, -0.1) is 0 Å². The zero-order valence-corrected chi connectivity index (χ0v) is 13.9. The molecular formula is C19H26N2O2. The second kappa shape index (κ2) is 7.16. The lowest BCUT2D eigenvalue weighted by Gasteiger charge is -2.41. The summed E-state index contributed by atoms with van der Waals surface area (Å²) in [6.45, 7) is 3.78. The van der Waals surface area contributed by atoms with Crippen molar-refractivity contribution in [2.24, 2.45) is 11.8 Å². The van der Waals surface area contributed by atoms with E-state index in [1.54, 1.807) is 6.07 Å². The minimum Gasteiger partial charge on any atom is -0.343 e. The molecule has 1 saturated heterocycles. The molecule has 1 saturated carbocycles. The SMILES string of the molecule is Cc1cccc(C(=O)NCC(=O)N2CC[C@H]3CCCC[C@@H]3C2)c1. The van der Waals surface area contributed by atoms with E-state index >= 15 is 0 Å². The van der Waals surface area contributed by atoms with Gasteiger partial charge in [0.05, 0.1) is 6.54 Å². The highest BCUT2D eigenvalue weighted by Crippen LogP contribution is 2.35. The molecule has 2 amide bonds. The van der Waals surface area contributed by atoms with Crippen LogP contribution in [0.4, 0.5) is 0 Å². The van der Waals surface area contributed by atoms with Gasteiger partial charge < -0.3 is 10.2 Å². The Labute approximate surface area is 138 Å². The molecule has 0 bridgehead atoms. The van der Waals surface area contributed by atoms with Gasteiger partial charge in [0, 0.05) is 18.7 Å². The monoisotopic (exact) mass is 314 g/mol. The molecule has 0 unspecified atom stereocenters. The minimum absolute atomic E-state index is 0.0510. The molecular weight excluding hydrogens is 288 g/mol. The van der Waals surface area contributed by atoms with Crippen LogP contribution >= 0.6 is 0 Å². The fourth-order valence-electron chi connectivity index (χ4n) is 3.98. The Hall–Kier alpha value is -1.84. The van der Waals surface area contributed by atoms with Crippen molar-refractivity contribution in [3.8, 4) is 0 Å². The largest absolute Gasteiger partial charge is 0.343 e. The van der Waals surface area contributed by atoms with Gasteiger partial charge in [-0.2, -0.15) is 0 Å². The number of fused-ring (bicyclic) bond motifs is 1. The number of likely N-dealkylation sites (tertiary alicyclic amines) is 1. The van der Waals surface area contributed by atoms with E-state index < -0.39 is 0 Å². The smallest absolute Gasteiger partial charge is 0.251 e. The van der Waals surface area contributed by atoms with E-state index in [-0.39, 0.29) is 18.4 Å². The van der Waals surface area contributed by atoms with Crippen molar-refractivity contribution in [2.75, 3.05) is 19.6 Å². The number of nitrogens with zero attached hydrogens (tertiary/aromatic N) is 1. The molecule has 2 fully saturated rings. The Morgan fingerprint density at radius 1 is 1.17 bits per heavy atom. The zero-order chi connectivity index (χ0) is 16.2. The van der Waals surface area contributed by atoms with Crippen molar-refractivity contribution in [1.29, 1.82) is 0 Å². The summed E-state index contributed by atoms with van der Waals surface area (Å²) in [6, 6.07) is 7.43. The van der Waals surface area contributed by atoms with Gasteiger partial charge in [0.25, 0.3) is 5.91 Å². The van der Waals surface area contributed by atoms with Crippen molar-refractivity contribution < 1.29 is 9.59 Å². The van der Waals surface area contributed by atoms with E-state index in [1.165, 1.54) is 25.7 Å². The third-order valence-corrected chi connectivity index (χ3v) is 5.32. The van der Waals surface area contributed by atoms with E-state index in [0.29, 0.717) is 11.5 Å². The lowest BCUT2D eigenvalue weighted by Crippen LogP contribution is -2.48. The first-order valence-corrected chi connectivity index (χ1v) is 8.76. The quantitative estimate of drug-likeness (QED) is 0.932. The van der Waals surface area contributed by atoms with Crippen LogP contribution in [0.1, 0.15) is 48.0 Å². The molecule has 124 valence electrons. The summed E-state index contributed by atoms with van der Waals surface area (Å²) < 4.78 is 0. The number of benzene rings is 1. The van der Waals surface area contributed by atoms with Crippen LogP contribution in [-0.4, -0.2) is 36.3 Å². The fraction of sp³-hybridized carbons (Fsp3) is 0.579. The van der Waals surface area contributed by atoms with Crippen LogP contribution in [0.15, 0.2) is 24.3 Å². The van der Waals surface area contributed by atoms with Gasteiger partial charge >= 0.3 is 0 Å². The van der Waals surface area contributed by atoms with E-state index in [2.05, 4.69) is 5.32 Å². The molecule has 4 nitrogen and oxygen atoms in total. The first-order chi connectivity index (χ1) is 11.1. The molecule has 0 aromatic heterocycles. The van der Waals surface area contributed by atoms with Crippen LogP contribution in [0.3, 0.4) is 0 Å². The number of rotatable bonds is 3. The second-order valence-electron chi connectivity index (χ2n) is 6.99. The summed E-state index contributed by atoms with van der Waals surface area (Å²) in [5, 5.41) is 2.77. The van der Waals surface area contributed by atoms with Crippen LogP contribution in [-0.2, 0) is 4.79 Å². The van der Waals surface area contributed by atoms with Gasteiger partial charge in [0.1, 0.15) is 0 Å². The molecule has 3 rings (SSSR count). The topological polar surface area (TPSA) is 49.4 Å². The van der Waals surface area contributed by atoms with Crippen LogP contribution in [0, 0.1) is 18.8 Å². The van der Waals surface area contributed by atoms with Crippen LogP contribution in [0.5, 0.6) is 0 Å². The Morgan fingerprint density at radius 3 is 2.74 bits per heavy atom. The summed E-state index contributed by atoms with van der Waals surface area (Å²) in [4.78, 5) is 26.5. The van der Waals surface area contributed by atoms with Crippen molar-refractivity contribution in [1.82, 2.24) is 10.2 Å². The highest BCUT2D eigenvalue weighted by atomic mass is 16.2. The van der Waals surface area contributed by atoms with Crippen LogP contribution in [0.2, 0.25) is 0 Å². The molecule has 1 heterocycles. The Morgan fingerprint density at radius 2 is 1.96 bits per heavy atom. The van der Waals surface area contributed by atoms with E-state index in [9.17, 15) is 9.59 Å². The lowest BCUT2D eigenvalue weighted by molar-refractivity contribution is -0.133. The van der Waals surface area contributed by atoms with Crippen molar-refractivity contribution in [3.05, 3.63) is 35.4 Å². The Kier molecular flexibility index (Phi) is 4.99. The molecule has 2 aliphatic rings. The van der Waals surface area contributed by atoms with Gasteiger partial charge in [0.2, 0.25) is 5.91 Å². The predicted octanol–water partition coefficient (Wildman–Crippen LogP) is 2.76. The van der Waals surface area contributed by atoms with Crippen LogP contribution < -0.4 is 5.32 Å². The molecule has 1 aliphatic carbocycles. The maximum Gasteiger partial charge on any atom is 0.251 e. The molecule has 2 atom stereocenters. The third kappa shape index (κ3) is 3.92. The number of nitrogens with one attached hydrogen (secondary N) is 1. The maximum atomic E-state index is 12.4. The average Bonchev–Trinajstić information content (AvgIpc) is 2.59. The Balaban J connectivity index is 1.50. The molecule has 0 radical (unpaired) electrons. The summed E-state index contributed by atoms with van der Waals surface area (Å²) >= 11 is 0. The fourth-order valence-corrected chi connectivity index (χ4v) is 3.98. The van der Waals surface area contributed by atoms with E-state index in [1.807, 2.05) is 30.0 Å². The highest BCUT2D eigenvalue weighted by molar-refractivity contribution is 5.96. The average molecular weight is 314 g/mol. The molecule has 1 N–H and O–H groups in total. The normalized spacial score (nSPS) is 24.0. The number of carbonyl (C=O) groups is 2. The number of carbonyl (C=O) groups excluding carboxylic acids is 2. The molecule has 0 spiro atoms. The third-order valence-electron chi connectivity index (χ3n) is 5.32. The zero-order valence-electron chi connectivity index (χ0n) is 13.9. The molecule has 1 aromatic rings.